The van der Waals surface area contributed by atoms with Gasteiger partial charge in [-0.05, 0) is 25.5 Å². The second-order valence-electron chi connectivity index (χ2n) is 4.80. The van der Waals surface area contributed by atoms with E-state index >= 15 is 0 Å². The van der Waals surface area contributed by atoms with E-state index in [-0.39, 0.29) is 0 Å². The van der Waals surface area contributed by atoms with E-state index in [1.54, 1.807) is 13.3 Å². The number of nitrogens with zero attached hydrogens (tertiary/aromatic N) is 2. The van der Waals surface area contributed by atoms with Gasteiger partial charge in [0.1, 0.15) is 5.69 Å². The Balaban J connectivity index is 2.22. The molecule has 2 rings (SSSR count). The fourth-order valence-electron chi connectivity index (χ4n) is 2.28. The van der Waals surface area contributed by atoms with Crippen molar-refractivity contribution in [2.75, 3.05) is 44.5 Å². The van der Waals surface area contributed by atoms with Gasteiger partial charge >= 0.3 is 0 Å². The second kappa shape index (κ2) is 5.91. The maximum atomic E-state index is 5.36. The molecule has 0 saturated carbocycles. The lowest BCUT2D eigenvalue weighted by Gasteiger charge is -2.28. The van der Waals surface area contributed by atoms with Crippen molar-refractivity contribution >= 4 is 11.4 Å². The third kappa shape index (κ3) is 2.85. The third-order valence-electron chi connectivity index (χ3n) is 3.21. The highest BCUT2D eigenvalue weighted by Gasteiger charge is 2.18. The number of ether oxygens (including phenoxy) is 1. The van der Waals surface area contributed by atoms with Crippen molar-refractivity contribution < 1.29 is 4.74 Å². The lowest BCUT2D eigenvalue weighted by atomic mass is 10.1. The van der Waals surface area contributed by atoms with Crippen LogP contribution in [-0.4, -0.2) is 45.3 Å². The smallest absolute Gasteiger partial charge is 0.239 e. The summed E-state index contributed by atoms with van der Waals surface area (Å²) in [6.07, 6.45) is 4.16. The van der Waals surface area contributed by atoms with Gasteiger partial charge in [0.25, 0.3) is 0 Å². The van der Waals surface area contributed by atoms with Crippen molar-refractivity contribution in [3.63, 3.8) is 0 Å². The van der Waals surface area contributed by atoms with Crippen LogP contribution in [0.4, 0.5) is 11.4 Å². The van der Waals surface area contributed by atoms with E-state index in [0.29, 0.717) is 11.9 Å². The van der Waals surface area contributed by atoms with E-state index in [0.717, 1.165) is 24.5 Å². The molecule has 1 aromatic heterocycles. The van der Waals surface area contributed by atoms with Crippen LogP contribution in [-0.2, 0) is 0 Å². The van der Waals surface area contributed by atoms with E-state index in [4.69, 9.17) is 4.74 Å². The van der Waals surface area contributed by atoms with Gasteiger partial charge in [-0.2, -0.15) is 0 Å². The number of nitrogens with one attached hydrogen (secondary N) is 2. The molecule has 2 N–H and O–H groups in total. The summed E-state index contributed by atoms with van der Waals surface area (Å²) in [6, 6.07) is 2.44. The van der Waals surface area contributed by atoms with E-state index in [1.165, 1.54) is 12.8 Å². The summed E-state index contributed by atoms with van der Waals surface area (Å²) in [5.41, 5.74) is 2.09. The summed E-state index contributed by atoms with van der Waals surface area (Å²) in [4.78, 5) is 6.35. The van der Waals surface area contributed by atoms with Gasteiger partial charge in [-0.15, -0.1) is 0 Å². The monoisotopic (exact) mass is 250 g/mol. The van der Waals surface area contributed by atoms with Crippen LogP contribution in [0.1, 0.15) is 12.8 Å². The lowest BCUT2D eigenvalue weighted by Crippen LogP contribution is -2.38. The molecule has 1 aromatic rings. The maximum absolute atomic E-state index is 5.36. The largest absolute Gasteiger partial charge is 0.479 e. The Morgan fingerprint density at radius 2 is 2.33 bits per heavy atom. The quantitative estimate of drug-likeness (QED) is 0.844. The van der Waals surface area contributed by atoms with E-state index in [9.17, 15) is 0 Å². The molecule has 1 fully saturated rings. The number of hydrogen-bond acceptors (Lipinski definition) is 5. The first-order valence-electron chi connectivity index (χ1n) is 6.40. The van der Waals surface area contributed by atoms with Gasteiger partial charge < -0.3 is 20.3 Å². The predicted molar refractivity (Wildman–Crippen MR) is 74.6 cm³/mol. The molecule has 1 saturated heterocycles. The normalized spacial score (nSPS) is 19.4. The first-order valence-corrected chi connectivity index (χ1v) is 6.40. The molecule has 1 unspecified atom stereocenters. The Kier molecular flexibility index (Phi) is 4.25. The average molecular weight is 250 g/mol. The van der Waals surface area contributed by atoms with E-state index < -0.39 is 0 Å². The molecule has 5 nitrogen and oxygen atoms in total. The standard InChI is InChI=1S/C13H22N4O/c1-17(2)11-6-8-15-13(18-3)12(11)16-10-5-4-7-14-9-10/h6,8,10,14,16H,4-5,7,9H2,1-3H3. The van der Waals surface area contributed by atoms with Gasteiger partial charge in [-0.25, -0.2) is 4.98 Å². The Hall–Kier alpha value is -1.49. The zero-order chi connectivity index (χ0) is 13.0. The van der Waals surface area contributed by atoms with Gasteiger partial charge in [-0.3, -0.25) is 0 Å². The number of methoxy groups -OCH3 is 1. The average Bonchev–Trinajstić information content (AvgIpc) is 2.40. The van der Waals surface area contributed by atoms with Crippen LogP contribution in [0.2, 0.25) is 0 Å². The summed E-state index contributed by atoms with van der Waals surface area (Å²) in [5.74, 6) is 0.659. The molecule has 0 radical (unpaired) electrons. The molecule has 1 atom stereocenters. The Labute approximate surface area is 109 Å². The number of hydrogen-bond donors (Lipinski definition) is 2. The van der Waals surface area contributed by atoms with Crippen LogP contribution in [0.25, 0.3) is 0 Å². The molecule has 0 spiro atoms. The highest BCUT2D eigenvalue weighted by molar-refractivity contribution is 5.74. The SMILES string of the molecule is COc1nccc(N(C)C)c1NC1CCCNC1. The van der Waals surface area contributed by atoms with Crippen LogP contribution in [0, 0.1) is 0 Å². The number of anilines is 2. The van der Waals surface area contributed by atoms with Gasteiger partial charge in [0.2, 0.25) is 5.88 Å². The van der Waals surface area contributed by atoms with Gasteiger partial charge in [0, 0.05) is 32.9 Å². The van der Waals surface area contributed by atoms with Crippen LogP contribution < -0.4 is 20.3 Å². The number of piperidine rings is 1. The summed E-state index contributed by atoms with van der Waals surface area (Å²) >= 11 is 0. The first kappa shape index (κ1) is 13.0. The van der Waals surface area contributed by atoms with E-state index in [1.807, 2.05) is 20.2 Å². The van der Waals surface area contributed by atoms with Crippen LogP contribution in [0.3, 0.4) is 0 Å². The first-order chi connectivity index (χ1) is 8.72. The van der Waals surface area contributed by atoms with Gasteiger partial charge in [0.05, 0.1) is 12.8 Å². The van der Waals surface area contributed by atoms with E-state index in [2.05, 4.69) is 20.5 Å². The van der Waals surface area contributed by atoms with Crippen molar-refractivity contribution in [1.29, 1.82) is 0 Å². The Bertz CT molecular complexity index is 389. The van der Waals surface area contributed by atoms with Crippen molar-refractivity contribution in [2.45, 2.75) is 18.9 Å². The molecule has 0 bridgehead atoms. The zero-order valence-corrected chi connectivity index (χ0v) is 11.4. The molecule has 0 aromatic carbocycles. The summed E-state index contributed by atoms with van der Waals surface area (Å²) in [7, 11) is 5.71. The third-order valence-corrected chi connectivity index (χ3v) is 3.21. The number of rotatable bonds is 4. The molecule has 5 heteroatoms. The highest BCUT2D eigenvalue weighted by Crippen LogP contribution is 2.33. The van der Waals surface area contributed by atoms with Gasteiger partial charge in [-0.1, -0.05) is 0 Å². The summed E-state index contributed by atoms with van der Waals surface area (Å²) in [5, 5.41) is 6.96. The summed E-state index contributed by atoms with van der Waals surface area (Å²) < 4.78 is 5.36. The highest BCUT2D eigenvalue weighted by atomic mass is 16.5. The molecular weight excluding hydrogens is 228 g/mol. The Morgan fingerprint density at radius 3 is 2.94 bits per heavy atom. The Morgan fingerprint density at radius 1 is 1.50 bits per heavy atom. The molecule has 1 aliphatic heterocycles. The topological polar surface area (TPSA) is 49.4 Å². The molecule has 18 heavy (non-hydrogen) atoms. The molecule has 2 heterocycles. The lowest BCUT2D eigenvalue weighted by molar-refractivity contribution is 0.398. The fourth-order valence-corrected chi connectivity index (χ4v) is 2.28. The number of aromatic nitrogens is 1. The molecule has 1 aliphatic rings. The number of pyridine rings is 1. The second-order valence-corrected chi connectivity index (χ2v) is 4.80. The minimum atomic E-state index is 0.440. The van der Waals surface area contributed by atoms with Crippen molar-refractivity contribution in [3.05, 3.63) is 12.3 Å². The molecular formula is C13H22N4O. The van der Waals surface area contributed by atoms with Crippen LogP contribution in [0.5, 0.6) is 5.88 Å². The van der Waals surface area contributed by atoms with Crippen LogP contribution in [0.15, 0.2) is 12.3 Å². The van der Waals surface area contributed by atoms with Crippen molar-refractivity contribution in [2.24, 2.45) is 0 Å². The van der Waals surface area contributed by atoms with Crippen molar-refractivity contribution in [3.8, 4) is 5.88 Å². The molecule has 0 aliphatic carbocycles. The minimum absolute atomic E-state index is 0.440. The predicted octanol–water partition coefficient (Wildman–Crippen LogP) is 1.32. The minimum Gasteiger partial charge on any atom is -0.479 e. The molecule has 0 amide bonds. The van der Waals surface area contributed by atoms with Crippen molar-refractivity contribution in [1.82, 2.24) is 10.3 Å². The maximum Gasteiger partial charge on any atom is 0.239 e. The fraction of sp³-hybridized carbons (Fsp3) is 0.615. The molecule has 100 valence electrons. The van der Waals surface area contributed by atoms with Crippen LogP contribution >= 0.6 is 0 Å². The zero-order valence-electron chi connectivity index (χ0n) is 11.4. The summed E-state index contributed by atoms with van der Waals surface area (Å²) in [6.45, 7) is 2.10. The van der Waals surface area contributed by atoms with Gasteiger partial charge in [0.15, 0.2) is 0 Å².